The molecule has 2 atom stereocenters. The van der Waals surface area contributed by atoms with Crippen LogP contribution in [-0.4, -0.2) is 49.4 Å². The van der Waals surface area contributed by atoms with Crippen molar-refractivity contribution in [2.45, 2.75) is 18.6 Å². The summed E-state index contributed by atoms with van der Waals surface area (Å²) in [6.07, 6.45) is 0. The molecular weight excluding hydrogens is 407 g/mol. The molecule has 4 rings (SSSR count). The normalized spacial score (nSPS) is 24.8. The van der Waals surface area contributed by atoms with E-state index in [1.807, 2.05) is 23.1 Å². The van der Waals surface area contributed by atoms with Gasteiger partial charge in [0.25, 0.3) is 0 Å². The molecule has 0 radical (unpaired) electrons. The summed E-state index contributed by atoms with van der Waals surface area (Å²) in [6.45, 7) is 0.584. The van der Waals surface area contributed by atoms with E-state index < -0.39 is 15.9 Å². The fourth-order valence-corrected chi connectivity index (χ4v) is 6.22. The van der Waals surface area contributed by atoms with E-state index in [2.05, 4.69) is 0 Å². The van der Waals surface area contributed by atoms with Crippen LogP contribution in [0.4, 0.5) is 5.69 Å². The number of nitrogens with zero attached hydrogens (tertiary/aromatic N) is 2. The number of rotatable bonds is 3. The Bertz CT molecular complexity index is 979. The second-order valence-corrected chi connectivity index (χ2v) is 9.95. The van der Waals surface area contributed by atoms with Gasteiger partial charge in [-0.25, -0.2) is 8.42 Å². The molecule has 27 heavy (non-hydrogen) atoms. The lowest BCUT2D eigenvalue weighted by Gasteiger charge is -2.43. The Hall–Kier alpha value is -1.60. The van der Waals surface area contributed by atoms with Crippen molar-refractivity contribution in [2.75, 3.05) is 23.0 Å². The molecule has 0 aliphatic carbocycles. The summed E-state index contributed by atoms with van der Waals surface area (Å²) in [5.41, 5.74) is 1.56. The largest absolute Gasteiger partial charge is 0.306 e. The second-order valence-electron chi connectivity index (χ2n) is 6.95. The minimum absolute atomic E-state index is 0.0367. The Morgan fingerprint density at radius 2 is 1.63 bits per heavy atom. The number of amides is 1. The maximum Gasteiger partial charge on any atom is 0.241 e. The minimum Gasteiger partial charge on any atom is -0.306 e. The van der Waals surface area contributed by atoms with E-state index in [-0.39, 0.29) is 30.0 Å². The predicted octanol–water partition coefficient (Wildman–Crippen LogP) is 3.01. The first-order valence-electron chi connectivity index (χ1n) is 8.59. The number of hydrogen-bond acceptors (Lipinski definition) is 4. The Kier molecular flexibility index (Phi) is 4.93. The molecule has 2 aromatic rings. The van der Waals surface area contributed by atoms with Crippen LogP contribution >= 0.6 is 23.2 Å². The van der Waals surface area contributed by atoms with Crippen LogP contribution in [0.25, 0.3) is 0 Å². The van der Waals surface area contributed by atoms with Crippen molar-refractivity contribution in [1.82, 2.24) is 4.90 Å². The monoisotopic (exact) mass is 424 g/mol. The van der Waals surface area contributed by atoms with Gasteiger partial charge in [-0.15, -0.1) is 0 Å². The second kappa shape index (κ2) is 7.09. The number of carbonyl (C=O) groups excluding carboxylic acids is 1. The zero-order valence-electron chi connectivity index (χ0n) is 14.4. The maximum atomic E-state index is 12.9. The van der Waals surface area contributed by atoms with Crippen LogP contribution in [0.2, 0.25) is 10.0 Å². The van der Waals surface area contributed by atoms with Gasteiger partial charge in [0.05, 0.1) is 24.1 Å². The van der Waals surface area contributed by atoms with E-state index in [0.29, 0.717) is 22.3 Å². The molecule has 5 nitrogen and oxygen atoms in total. The maximum absolute atomic E-state index is 12.9. The zero-order chi connectivity index (χ0) is 19.2. The molecule has 0 bridgehead atoms. The third kappa shape index (κ3) is 3.72. The lowest BCUT2D eigenvalue weighted by molar-refractivity contribution is -0.123. The van der Waals surface area contributed by atoms with E-state index in [0.717, 1.165) is 5.56 Å². The Morgan fingerprint density at radius 1 is 0.963 bits per heavy atom. The van der Waals surface area contributed by atoms with Crippen molar-refractivity contribution in [2.24, 2.45) is 0 Å². The number of anilines is 1. The quantitative estimate of drug-likeness (QED) is 0.759. The summed E-state index contributed by atoms with van der Waals surface area (Å²) in [4.78, 5) is 16.5. The lowest BCUT2D eigenvalue weighted by atomic mass is 10.0. The molecule has 2 aliphatic heterocycles. The first-order valence-corrected chi connectivity index (χ1v) is 11.2. The van der Waals surface area contributed by atoms with E-state index in [9.17, 15) is 13.2 Å². The van der Waals surface area contributed by atoms with Crippen LogP contribution in [-0.2, 0) is 21.2 Å². The van der Waals surface area contributed by atoms with E-state index in [1.165, 1.54) is 0 Å². The molecule has 2 saturated heterocycles. The molecule has 1 amide bonds. The Labute approximate surface area is 168 Å². The first kappa shape index (κ1) is 18.7. The molecule has 0 aromatic heterocycles. The third-order valence-electron chi connectivity index (χ3n) is 5.14. The molecule has 8 heteroatoms. The summed E-state index contributed by atoms with van der Waals surface area (Å²) in [5, 5.41) is 1.18. The zero-order valence-corrected chi connectivity index (χ0v) is 16.7. The SMILES string of the molecule is O=C1CN(Cc2ccccc2Cl)[C@H]2CS(=O)(=O)C[C@@H]2N1c1ccc(Cl)cc1. The van der Waals surface area contributed by atoms with E-state index in [4.69, 9.17) is 23.2 Å². The first-order chi connectivity index (χ1) is 12.8. The van der Waals surface area contributed by atoms with Crippen LogP contribution in [0.15, 0.2) is 48.5 Å². The molecule has 2 aliphatic rings. The fraction of sp³-hybridized carbons (Fsp3) is 0.316. The van der Waals surface area contributed by atoms with Crippen LogP contribution < -0.4 is 4.90 Å². The van der Waals surface area contributed by atoms with Crippen LogP contribution in [0.1, 0.15) is 5.56 Å². The molecule has 0 spiro atoms. The fourth-order valence-electron chi connectivity index (χ4n) is 3.91. The summed E-state index contributed by atoms with van der Waals surface area (Å²) in [5.74, 6) is -0.118. The van der Waals surface area contributed by atoms with E-state index >= 15 is 0 Å². The van der Waals surface area contributed by atoms with Gasteiger partial charge in [-0.3, -0.25) is 9.69 Å². The highest BCUT2D eigenvalue weighted by atomic mass is 35.5. The molecule has 0 N–H and O–H groups in total. The van der Waals surface area contributed by atoms with Crippen molar-refractivity contribution >= 4 is 44.6 Å². The highest BCUT2D eigenvalue weighted by Gasteiger charge is 2.49. The number of piperazine rings is 1. The lowest BCUT2D eigenvalue weighted by Crippen LogP contribution is -2.61. The van der Waals surface area contributed by atoms with Gasteiger partial charge in [0, 0.05) is 28.3 Å². The van der Waals surface area contributed by atoms with Crippen molar-refractivity contribution in [3.63, 3.8) is 0 Å². The number of benzene rings is 2. The topological polar surface area (TPSA) is 57.7 Å². The smallest absolute Gasteiger partial charge is 0.241 e. The number of sulfone groups is 1. The van der Waals surface area contributed by atoms with Crippen molar-refractivity contribution in [3.8, 4) is 0 Å². The standard InChI is InChI=1S/C19H18Cl2N2O3S/c20-14-5-7-15(8-6-14)23-18-12-27(25,26)11-17(18)22(10-19(23)24)9-13-3-1-2-4-16(13)21/h1-8,17-18H,9-12H2/t17-,18-/m0/s1. The summed E-state index contributed by atoms with van der Waals surface area (Å²) >= 11 is 12.2. The van der Waals surface area contributed by atoms with Gasteiger partial charge >= 0.3 is 0 Å². The van der Waals surface area contributed by atoms with Gasteiger partial charge in [0.15, 0.2) is 9.84 Å². The number of hydrogen-bond donors (Lipinski definition) is 0. The number of carbonyl (C=O) groups is 1. The highest BCUT2D eigenvalue weighted by Crippen LogP contribution is 2.33. The van der Waals surface area contributed by atoms with Crippen molar-refractivity contribution in [3.05, 3.63) is 64.1 Å². The van der Waals surface area contributed by atoms with Crippen LogP contribution in [0.3, 0.4) is 0 Å². The molecule has 2 aromatic carbocycles. The van der Waals surface area contributed by atoms with Crippen molar-refractivity contribution in [1.29, 1.82) is 0 Å². The molecular formula is C19H18Cl2N2O3S. The number of halogens is 2. The molecule has 0 saturated carbocycles. The molecule has 2 fully saturated rings. The van der Waals surface area contributed by atoms with Gasteiger partial charge in [-0.05, 0) is 35.9 Å². The molecule has 2 heterocycles. The average molecular weight is 425 g/mol. The van der Waals surface area contributed by atoms with Gasteiger partial charge in [-0.1, -0.05) is 41.4 Å². The van der Waals surface area contributed by atoms with Crippen molar-refractivity contribution < 1.29 is 13.2 Å². The highest BCUT2D eigenvalue weighted by molar-refractivity contribution is 7.91. The summed E-state index contributed by atoms with van der Waals surface area (Å²) < 4.78 is 24.8. The number of fused-ring (bicyclic) bond motifs is 1. The molecule has 0 unspecified atom stereocenters. The Balaban J connectivity index is 1.68. The Morgan fingerprint density at radius 3 is 2.33 bits per heavy atom. The minimum atomic E-state index is -3.23. The van der Waals surface area contributed by atoms with Gasteiger partial charge in [0.1, 0.15) is 0 Å². The predicted molar refractivity (Wildman–Crippen MR) is 107 cm³/mol. The average Bonchev–Trinajstić information content (AvgIpc) is 2.93. The summed E-state index contributed by atoms with van der Waals surface area (Å²) in [7, 11) is -3.23. The van der Waals surface area contributed by atoms with Gasteiger partial charge in [-0.2, -0.15) is 0 Å². The van der Waals surface area contributed by atoms with Gasteiger partial charge in [0.2, 0.25) is 5.91 Å². The molecule has 142 valence electrons. The van der Waals surface area contributed by atoms with Crippen LogP contribution in [0, 0.1) is 0 Å². The third-order valence-corrected chi connectivity index (χ3v) is 7.46. The van der Waals surface area contributed by atoms with Gasteiger partial charge < -0.3 is 4.90 Å². The summed E-state index contributed by atoms with van der Waals surface area (Å²) in [6, 6.07) is 13.7. The van der Waals surface area contributed by atoms with E-state index in [1.54, 1.807) is 35.2 Å². The van der Waals surface area contributed by atoms with Crippen LogP contribution in [0.5, 0.6) is 0 Å².